The van der Waals surface area contributed by atoms with Crippen LogP contribution in [0.2, 0.25) is 0 Å². The van der Waals surface area contributed by atoms with E-state index in [2.05, 4.69) is 39.6 Å². The third-order valence-corrected chi connectivity index (χ3v) is 4.95. The summed E-state index contributed by atoms with van der Waals surface area (Å²) in [6, 6.07) is 10.3. The van der Waals surface area contributed by atoms with Gasteiger partial charge in [-0.05, 0) is 42.7 Å². The Kier molecular flexibility index (Phi) is 7.98. The van der Waals surface area contributed by atoms with E-state index >= 15 is 0 Å². The molecule has 8 heteroatoms. The number of hydrogen-bond donors (Lipinski definition) is 2. The molecule has 0 amide bonds. The molecule has 7 nitrogen and oxygen atoms in total. The van der Waals surface area contributed by atoms with Crippen molar-refractivity contribution in [1.82, 2.24) is 20.8 Å². The Morgan fingerprint density at radius 1 is 1.16 bits per heavy atom. The van der Waals surface area contributed by atoms with Gasteiger partial charge in [-0.3, -0.25) is 9.98 Å². The number of guanidine groups is 1. The van der Waals surface area contributed by atoms with Gasteiger partial charge in [-0.1, -0.05) is 25.1 Å². The van der Waals surface area contributed by atoms with Crippen molar-refractivity contribution in [3.05, 3.63) is 71.6 Å². The molecular weight excluding hydrogens is 397 g/mol. The fourth-order valence-corrected chi connectivity index (χ4v) is 3.16. The Labute approximate surface area is 181 Å². The number of aromatic nitrogens is 2. The Balaban J connectivity index is 1.52. The largest absolute Gasteiger partial charge is 0.453 e. The molecule has 2 N–H and O–H groups in total. The molecule has 2 heterocycles. The van der Waals surface area contributed by atoms with Gasteiger partial charge in [-0.2, -0.15) is 0 Å². The molecule has 0 aliphatic carbocycles. The molecule has 0 unspecified atom stereocenters. The second kappa shape index (κ2) is 11.1. The fourth-order valence-electron chi connectivity index (χ4n) is 3.16. The molecule has 0 radical (unpaired) electrons. The molecule has 0 bridgehead atoms. The molecule has 0 atom stereocenters. The Morgan fingerprint density at radius 2 is 1.97 bits per heavy atom. The van der Waals surface area contributed by atoms with Crippen molar-refractivity contribution in [3.8, 4) is 11.5 Å². The molecule has 31 heavy (non-hydrogen) atoms. The van der Waals surface area contributed by atoms with Gasteiger partial charge >= 0.3 is 0 Å². The molecule has 0 saturated carbocycles. The average molecular weight is 426 g/mol. The maximum atomic E-state index is 14.4. The first kappa shape index (κ1) is 22.3. The van der Waals surface area contributed by atoms with Crippen LogP contribution in [0.15, 0.2) is 58.3 Å². The minimum absolute atomic E-state index is 0.151. The third-order valence-electron chi connectivity index (χ3n) is 4.95. The number of nitrogens with zero attached hydrogens (tertiary/aromatic N) is 3. The lowest BCUT2D eigenvalue weighted by Gasteiger charge is -2.12. The summed E-state index contributed by atoms with van der Waals surface area (Å²) in [5, 5.41) is 10.5. The fraction of sp³-hybridized carbons (Fsp3) is 0.348. The van der Waals surface area contributed by atoms with Crippen LogP contribution in [0.5, 0.6) is 11.5 Å². The summed E-state index contributed by atoms with van der Waals surface area (Å²) in [6.45, 7) is 5.15. The lowest BCUT2D eigenvalue weighted by Crippen LogP contribution is -2.36. The van der Waals surface area contributed by atoms with Gasteiger partial charge in [0.25, 0.3) is 0 Å². The van der Waals surface area contributed by atoms with Crippen LogP contribution in [0, 0.1) is 5.82 Å². The molecule has 1 aromatic carbocycles. The van der Waals surface area contributed by atoms with Crippen molar-refractivity contribution >= 4 is 5.96 Å². The maximum Gasteiger partial charge on any atom is 0.191 e. The van der Waals surface area contributed by atoms with Gasteiger partial charge in [0, 0.05) is 31.8 Å². The lowest BCUT2D eigenvalue weighted by molar-refractivity contribution is 0.368. The van der Waals surface area contributed by atoms with Crippen LogP contribution in [0.1, 0.15) is 49.6 Å². The van der Waals surface area contributed by atoms with Gasteiger partial charge < -0.3 is 19.9 Å². The van der Waals surface area contributed by atoms with E-state index in [0.29, 0.717) is 30.7 Å². The van der Waals surface area contributed by atoms with Crippen LogP contribution >= 0.6 is 0 Å². The number of rotatable bonds is 9. The molecule has 0 spiro atoms. The third kappa shape index (κ3) is 6.28. The topological polar surface area (TPSA) is 84.6 Å². The van der Waals surface area contributed by atoms with Crippen molar-refractivity contribution < 1.29 is 13.7 Å². The van der Waals surface area contributed by atoms with Crippen molar-refractivity contribution in [1.29, 1.82) is 0 Å². The summed E-state index contributed by atoms with van der Waals surface area (Å²) in [5.41, 5.74) is 1.74. The minimum atomic E-state index is -0.443. The Bertz CT molecular complexity index is 987. The number of ether oxygens (including phenoxy) is 1. The standard InChI is InChI=1S/C23H28FN5O2/c1-4-17(5-2)21-12-19(31-29-21)15-28-23(25-3)27-13-16-8-9-22(20(24)11-16)30-18-7-6-10-26-14-18/h6-12,14,17H,4-5,13,15H2,1-3H3,(H2,25,27,28). The van der Waals surface area contributed by atoms with Crippen molar-refractivity contribution in [2.75, 3.05) is 7.05 Å². The van der Waals surface area contributed by atoms with Gasteiger partial charge in [0.05, 0.1) is 18.4 Å². The predicted molar refractivity (Wildman–Crippen MR) is 118 cm³/mol. The molecule has 3 rings (SSSR count). The van der Waals surface area contributed by atoms with Crippen LogP contribution < -0.4 is 15.4 Å². The summed E-state index contributed by atoms with van der Waals surface area (Å²) >= 11 is 0. The van der Waals surface area contributed by atoms with Crippen LogP contribution in [0.25, 0.3) is 0 Å². The first-order chi connectivity index (χ1) is 15.1. The van der Waals surface area contributed by atoms with E-state index in [-0.39, 0.29) is 5.75 Å². The van der Waals surface area contributed by atoms with Gasteiger partial charge in [0.2, 0.25) is 0 Å². The van der Waals surface area contributed by atoms with Crippen LogP contribution in [-0.4, -0.2) is 23.1 Å². The van der Waals surface area contributed by atoms with Gasteiger partial charge in [0.15, 0.2) is 23.3 Å². The molecular formula is C23H28FN5O2. The highest BCUT2D eigenvalue weighted by molar-refractivity contribution is 5.79. The average Bonchev–Trinajstić information content (AvgIpc) is 3.26. The zero-order valence-corrected chi connectivity index (χ0v) is 18.1. The summed E-state index contributed by atoms with van der Waals surface area (Å²) in [6.07, 6.45) is 5.23. The zero-order valence-electron chi connectivity index (χ0n) is 18.1. The van der Waals surface area contributed by atoms with Gasteiger partial charge in [-0.25, -0.2) is 4.39 Å². The van der Waals surface area contributed by atoms with Gasteiger partial charge in [-0.15, -0.1) is 0 Å². The Morgan fingerprint density at radius 3 is 2.65 bits per heavy atom. The van der Waals surface area contributed by atoms with E-state index in [1.54, 1.807) is 37.5 Å². The Hall–Kier alpha value is -3.42. The summed E-state index contributed by atoms with van der Waals surface area (Å²) in [5.74, 6) is 1.93. The second-order valence-electron chi connectivity index (χ2n) is 7.07. The van der Waals surface area contributed by atoms with E-state index in [1.165, 1.54) is 12.3 Å². The van der Waals surface area contributed by atoms with Crippen molar-refractivity contribution in [2.45, 2.75) is 45.7 Å². The second-order valence-corrected chi connectivity index (χ2v) is 7.07. The molecule has 0 aliphatic rings. The van der Waals surface area contributed by atoms with Crippen LogP contribution in [-0.2, 0) is 13.1 Å². The highest BCUT2D eigenvalue weighted by Crippen LogP contribution is 2.24. The first-order valence-corrected chi connectivity index (χ1v) is 10.4. The number of benzene rings is 1. The van der Waals surface area contributed by atoms with Crippen LogP contribution in [0.4, 0.5) is 4.39 Å². The molecule has 0 aliphatic heterocycles. The molecule has 164 valence electrons. The van der Waals surface area contributed by atoms with E-state index in [4.69, 9.17) is 9.26 Å². The van der Waals surface area contributed by atoms with Gasteiger partial charge in [0.1, 0.15) is 5.75 Å². The normalized spacial score (nSPS) is 11.6. The predicted octanol–water partition coefficient (Wildman–Crippen LogP) is 4.77. The molecule has 2 aromatic heterocycles. The molecule has 0 fully saturated rings. The molecule has 0 saturated heterocycles. The van der Waals surface area contributed by atoms with Crippen molar-refractivity contribution in [3.63, 3.8) is 0 Å². The number of aliphatic imine (C=N–C) groups is 1. The highest BCUT2D eigenvalue weighted by Gasteiger charge is 2.13. The zero-order chi connectivity index (χ0) is 22.1. The number of halogens is 1. The number of pyridine rings is 1. The van der Waals surface area contributed by atoms with E-state index in [0.717, 1.165) is 29.9 Å². The highest BCUT2D eigenvalue weighted by atomic mass is 19.1. The smallest absolute Gasteiger partial charge is 0.191 e. The summed E-state index contributed by atoms with van der Waals surface area (Å²) in [4.78, 5) is 8.15. The maximum absolute atomic E-state index is 14.4. The number of hydrogen-bond acceptors (Lipinski definition) is 5. The first-order valence-electron chi connectivity index (χ1n) is 10.4. The summed E-state index contributed by atoms with van der Waals surface area (Å²) < 4.78 is 25.3. The quantitative estimate of drug-likeness (QED) is 0.379. The summed E-state index contributed by atoms with van der Waals surface area (Å²) in [7, 11) is 1.68. The van der Waals surface area contributed by atoms with E-state index < -0.39 is 5.82 Å². The SMILES string of the molecule is CCC(CC)c1cc(CNC(=NC)NCc2ccc(Oc3cccnc3)c(F)c2)on1. The lowest BCUT2D eigenvalue weighted by atomic mass is 9.99. The van der Waals surface area contributed by atoms with E-state index in [1.807, 2.05) is 6.07 Å². The van der Waals surface area contributed by atoms with Crippen molar-refractivity contribution in [2.24, 2.45) is 4.99 Å². The molecule has 3 aromatic rings. The monoisotopic (exact) mass is 425 g/mol. The number of nitrogens with one attached hydrogen (secondary N) is 2. The minimum Gasteiger partial charge on any atom is -0.453 e. The van der Waals surface area contributed by atoms with E-state index in [9.17, 15) is 4.39 Å². The van der Waals surface area contributed by atoms with Crippen LogP contribution in [0.3, 0.4) is 0 Å².